The molecule has 2 N–H and O–H groups in total. The predicted octanol–water partition coefficient (Wildman–Crippen LogP) is 3.52. The van der Waals surface area contributed by atoms with Crippen molar-refractivity contribution in [1.82, 2.24) is 9.97 Å². The summed E-state index contributed by atoms with van der Waals surface area (Å²) >= 11 is 0. The highest BCUT2D eigenvalue weighted by molar-refractivity contribution is 6.08. The van der Waals surface area contributed by atoms with Crippen LogP contribution < -0.4 is 10.6 Å². The Kier molecular flexibility index (Phi) is 6.30. The number of benzene rings is 1. The first-order chi connectivity index (χ1) is 13.7. The van der Waals surface area contributed by atoms with Crippen LogP contribution in [0, 0.1) is 0 Å². The van der Waals surface area contributed by atoms with Gasteiger partial charge >= 0.3 is 5.97 Å². The molecular formula is C21H20N4O3. The largest absolute Gasteiger partial charge is 0.462 e. The Morgan fingerprint density at radius 3 is 2.61 bits per heavy atom. The molecule has 0 atom stereocenters. The third kappa shape index (κ3) is 4.91. The number of para-hydroxylation sites is 1. The molecule has 1 aromatic carbocycles. The van der Waals surface area contributed by atoms with Crippen molar-refractivity contribution < 1.29 is 14.3 Å². The molecule has 0 unspecified atom stereocenters. The van der Waals surface area contributed by atoms with Gasteiger partial charge in [0, 0.05) is 18.0 Å². The highest BCUT2D eigenvalue weighted by Gasteiger charge is 2.15. The zero-order chi connectivity index (χ0) is 19.8. The van der Waals surface area contributed by atoms with E-state index in [1.165, 1.54) is 0 Å². The standard InChI is InChI=1S/C21H20N4O3/c1-2-28-21(27)17-8-3-4-9-18(17)25-20(26)15-10-12-23-19(13-15)24-14-16-7-5-6-11-22-16/h3-13H,2,14H2,1H3,(H,23,24)(H,25,26). The van der Waals surface area contributed by atoms with Gasteiger partial charge in [0.1, 0.15) is 5.82 Å². The van der Waals surface area contributed by atoms with Crippen LogP contribution in [0.5, 0.6) is 0 Å². The van der Waals surface area contributed by atoms with Gasteiger partial charge in [-0.05, 0) is 43.3 Å². The Balaban J connectivity index is 1.71. The average Bonchev–Trinajstić information content (AvgIpc) is 2.74. The lowest BCUT2D eigenvalue weighted by atomic mass is 10.1. The maximum absolute atomic E-state index is 12.6. The van der Waals surface area contributed by atoms with E-state index in [1.54, 1.807) is 55.7 Å². The summed E-state index contributed by atoms with van der Waals surface area (Å²) in [7, 11) is 0. The Hall–Kier alpha value is -3.74. The van der Waals surface area contributed by atoms with Crippen LogP contribution in [0.25, 0.3) is 0 Å². The lowest BCUT2D eigenvalue weighted by Gasteiger charge is -2.11. The molecule has 7 heteroatoms. The van der Waals surface area contributed by atoms with E-state index < -0.39 is 5.97 Å². The molecule has 7 nitrogen and oxygen atoms in total. The fraction of sp³-hybridized carbons (Fsp3) is 0.143. The van der Waals surface area contributed by atoms with Crippen LogP contribution in [0.4, 0.5) is 11.5 Å². The number of anilines is 2. The first-order valence-corrected chi connectivity index (χ1v) is 8.84. The third-order valence-electron chi connectivity index (χ3n) is 3.87. The summed E-state index contributed by atoms with van der Waals surface area (Å²) in [6, 6.07) is 15.6. The van der Waals surface area contributed by atoms with E-state index in [9.17, 15) is 9.59 Å². The van der Waals surface area contributed by atoms with E-state index in [0.717, 1.165) is 5.69 Å². The van der Waals surface area contributed by atoms with E-state index in [4.69, 9.17) is 4.74 Å². The zero-order valence-corrected chi connectivity index (χ0v) is 15.4. The number of carbonyl (C=O) groups is 2. The van der Waals surface area contributed by atoms with Crippen molar-refractivity contribution in [2.75, 3.05) is 17.2 Å². The normalized spacial score (nSPS) is 10.2. The van der Waals surface area contributed by atoms with Gasteiger partial charge in [-0.2, -0.15) is 0 Å². The number of hydrogen-bond acceptors (Lipinski definition) is 6. The lowest BCUT2D eigenvalue weighted by Crippen LogP contribution is -2.16. The molecule has 2 heterocycles. The Bertz CT molecular complexity index is 961. The number of rotatable bonds is 7. The summed E-state index contributed by atoms with van der Waals surface area (Å²) in [5.41, 5.74) is 1.98. The van der Waals surface area contributed by atoms with Gasteiger partial charge in [-0.25, -0.2) is 9.78 Å². The second-order valence-electron chi connectivity index (χ2n) is 5.82. The van der Waals surface area contributed by atoms with Crippen LogP contribution in [0.15, 0.2) is 67.0 Å². The molecule has 1 amide bonds. The molecule has 0 fully saturated rings. The topological polar surface area (TPSA) is 93.2 Å². The van der Waals surface area contributed by atoms with Gasteiger partial charge in [0.25, 0.3) is 5.91 Å². The second-order valence-corrected chi connectivity index (χ2v) is 5.82. The van der Waals surface area contributed by atoms with Crippen molar-refractivity contribution in [3.63, 3.8) is 0 Å². The number of nitrogens with zero attached hydrogens (tertiary/aromatic N) is 2. The fourth-order valence-electron chi connectivity index (χ4n) is 2.53. The van der Waals surface area contributed by atoms with Crippen LogP contribution in [-0.2, 0) is 11.3 Å². The molecule has 0 radical (unpaired) electrons. The van der Waals surface area contributed by atoms with Crippen molar-refractivity contribution in [1.29, 1.82) is 0 Å². The molecule has 3 aromatic rings. The number of amides is 1. The highest BCUT2D eigenvalue weighted by atomic mass is 16.5. The summed E-state index contributed by atoms with van der Waals surface area (Å²) in [5, 5.41) is 5.90. The molecule has 0 aliphatic carbocycles. The fourth-order valence-corrected chi connectivity index (χ4v) is 2.53. The zero-order valence-electron chi connectivity index (χ0n) is 15.4. The molecule has 0 saturated heterocycles. The number of pyridine rings is 2. The maximum Gasteiger partial charge on any atom is 0.340 e. The molecule has 0 aliphatic rings. The molecule has 28 heavy (non-hydrogen) atoms. The molecule has 0 bridgehead atoms. The van der Waals surface area contributed by atoms with Gasteiger partial charge < -0.3 is 15.4 Å². The van der Waals surface area contributed by atoms with Crippen molar-refractivity contribution in [3.05, 3.63) is 83.8 Å². The molecule has 142 valence electrons. The Morgan fingerprint density at radius 1 is 1.00 bits per heavy atom. The van der Waals surface area contributed by atoms with E-state index in [0.29, 0.717) is 29.2 Å². The smallest absolute Gasteiger partial charge is 0.340 e. The average molecular weight is 376 g/mol. The van der Waals surface area contributed by atoms with Crippen LogP contribution in [0.2, 0.25) is 0 Å². The van der Waals surface area contributed by atoms with Crippen molar-refractivity contribution in [2.24, 2.45) is 0 Å². The van der Waals surface area contributed by atoms with Crippen molar-refractivity contribution in [2.45, 2.75) is 13.5 Å². The maximum atomic E-state index is 12.6. The van der Waals surface area contributed by atoms with E-state index in [2.05, 4.69) is 20.6 Å². The minimum absolute atomic E-state index is 0.261. The number of esters is 1. The summed E-state index contributed by atoms with van der Waals surface area (Å²) in [6.07, 6.45) is 3.27. The number of carbonyl (C=O) groups excluding carboxylic acids is 2. The minimum atomic E-state index is -0.481. The van der Waals surface area contributed by atoms with Crippen molar-refractivity contribution in [3.8, 4) is 0 Å². The van der Waals surface area contributed by atoms with Crippen LogP contribution >= 0.6 is 0 Å². The summed E-state index contributed by atoms with van der Waals surface area (Å²) in [4.78, 5) is 33.2. The number of nitrogens with one attached hydrogen (secondary N) is 2. The number of hydrogen-bond donors (Lipinski definition) is 2. The number of aromatic nitrogens is 2. The predicted molar refractivity (Wildman–Crippen MR) is 106 cm³/mol. The van der Waals surface area contributed by atoms with Crippen LogP contribution in [0.3, 0.4) is 0 Å². The molecular weight excluding hydrogens is 356 g/mol. The summed E-state index contributed by atoms with van der Waals surface area (Å²) in [6.45, 7) is 2.48. The summed E-state index contributed by atoms with van der Waals surface area (Å²) < 4.78 is 5.03. The van der Waals surface area contributed by atoms with Crippen LogP contribution in [-0.4, -0.2) is 28.5 Å². The second kappa shape index (κ2) is 9.27. The first-order valence-electron chi connectivity index (χ1n) is 8.84. The molecule has 0 saturated carbocycles. The van der Waals surface area contributed by atoms with Gasteiger partial charge in [-0.1, -0.05) is 18.2 Å². The quantitative estimate of drug-likeness (QED) is 0.613. The van der Waals surface area contributed by atoms with Gasteiger partial charge in [0.05, 0.1) is 30.1 Å². The molecule has 0 aliphatic heterocycles. The van der Waals surface area contributed by atoms with Crippen molar-refractivity contribution >= 4 is 23.4 Å². The van der Waals surface area contributed by atoms with Crippen LogP contribution in [0.1, 0.15) is 33.3 Å². The highest BCUT2D eigenvalue weighted by Crippen LogP contribution is 2.18. The minimum Gasteiger partial charge on any atom is -0.462 e. The van der Waals surface area contributed by atoms with E-state index >= 15 is 0 Å². The summed E-state index contributed by atoms with van der Waals surface area (Å²) in [5.74, 6) is -0.275. The van der Waals surface area contributed by atoms with E-state index in [1.807, 2.05) is 18.2 Å². The Morgan fingerprint density at radius 2 is 1.82 bits per heavy atom. The molecule has 3 rings (SSSR count). The lowest BCUT2D eigenvalue weighted by molar-refractivity contribution is 0.0527. The third-order valence-corrected chi connectivity index (χ3v) is 3.87. The van der Waals surface area contributed by atoms with Gasteiger partial charge in [0.15, 0.2) is 0 Å². The monoisotopic (exact) mass is 376 g/mol. The van der Waals surface area contributed by atoms with E-state index in [-0.39, 0.29) is 12.5 Å². The van der Waals surface area contributed by atoms with Gasteiger partial charge in [-0.3, -0.25) is 9.78 Å². The first kappa shape index (κ1) is 19.0. The molecule has 2 aromatic heterocycles. The molecule has 0 spiro atoms. The number of ether oxygens (including phenoxy) is 1. The van der Waals surface area contributed by atoms with Gasteiger partial charge in [-0.15, -0.1) is 0 Å². The van der Waals surface area contributed by atoms with Gasteiger partial charge in [0.2, 0.25) is 0 Å². The Labute approximate surface area is 162 Å². The SMILES string of the molecule is CCOC(=O)c1ccccc1NC(=O)c1ccnc(NCc2ccccn2)c1.